The molecule has 0 unspecified atom stereocenters. The van der Waals surface area contributed by atoms with Gasteiger partial charge in [0.15, 0.2) is 0 Å². The van der Waals surface area contributed by atoms with Crippen LogP contribution in [0.15, 0.2) is 12.3 Å². The number of likely N-dealkylation sites (N-methyl/N-ethyl adjacent to an activating group) is 1. The number of methoxy groups -OCH3 is 1. The minimum atomic E-state index is 0.299. The van der Waals surface area contributed by atoms with Crippen molar-refractivity contribution in [2.45, 2.75) is 25.3 Å². The van der Waals surface area contributed by atoms with E-state index in [-0.39, 0.29) is 0 Å². The number of nitrogens with zero attached hydrogens (tertiary/aromatic N) is 4. The van der Waals surface area contributed by atoms with E-state index in [9.17, 15) is 4.79 Å². The summed E-state index contributed by atoms with van der Waals surface area (Å²) in [5.41, 5.74) is 0. The van der Waals surface area contributed by atoms with Crippen LogP contribution in [0.3, 0.4) is 0 Å². The number of likely N-dealkylation sites (tertiary alicyclic amines) is 1. The quantitative estimate of drug-likeness (QED) is 0.853. The van der Waals surface area contributed by atoms with Crippen molar-refractivity contribution in [2.75, 3.05) is 45.2 Å². The third-order valence-electron chi connectivity index (χ3n) is 4.86. The Balaban J connectivity index is 1.69. The molecule has 3 heterocycles. The molecule has 1 amide bonds. The normalized spacial score (nSPS) is 24.5. The van der Waals surface area contributed by atoms with Crippen LogP contribution in [-0.2, 0) is 4.79 Å². The number of ether oxygens (including phenoxy) is 1. The van der Waals surface area contributed by atoms with E-state index in [4.69, 9.17) is 4.74 Å². The highest BCUT2D eigenvalue weighted by Gasteiger charge is 2.39. The standard InChI is InChI=1S/C16H25N5O2/c1-17-8-10-21-13-6-9-20(11-12(13)3-4-15(21)22)16-18-7-5-14(19-16)23-2/h5,7,12-13,17H,3-4,6,8-11H2,1-2H3/t12-,13+/m0/s1. The second kappa shape index (κ2) is 7.12. The van der Waals surface area contributed by atoms with Gasteiger partial charge in [0.05, 0.1) is 7.11 Å². The van der Waals surface area contributed by atoms with Crippen molar-refractivity contribution >= 4 is 11.9 Å². The van der Waals surface area contributed by atoms with Gasteiger partial charge >= 0.3 is 0 Å². The topological polar surface area (TPSA) is 70.6 Å². The zero-order valence-corrected chi connectivity index (χ0v) is 13.9. The molecule has 23 heavy (non-hydrogen) atoms. The smallest absolute Gasteiger partial charge is 0.228 e. The number of carbonyl (C=O) groups is 1. The molecule has 7 heteroatoms. The Morgan fingerprint density at radius 1 is 1.43 bits per heavy atom. The molecule has 0 aromatic carbocycles. The molecule has 3 rings (SSSR count). The summed E-state index contributed by atoms with van der Waals surface area (Å²) in [6, 6.07) is 2.11. The molecule has 7 nitrogen and oxygen atoms in total. The molecule has 2 saturated heterocycles. The minimum Gasteiger partial charge on any atom is -0.481 e. The molecule has 2 fully saturated rings. The highest BCUT2D eigenvalue weighted by atomic mass is 16.5. The lowest BCUT2D eigenvalue weighted by Gasteiger charge is -2.47. The summed E-state index contributed by atoms with van der Waals surface area (Å²) in [6.07, 6.45) is 4.31. The largest absolute Gasteiger partial charge is 0.481 e. The molecule has 0 saturated carbocycles. The summed E-state index contributed by atoms with van der Waals surface area (Å²) >= 11 is 0. The number of nitrogens with one attached hydrogen (secondary N) is 1. The third kappa shape index (κ3) is 3.39. The fourth-order valence-corrected chi connectivity index (χ4v) is 3.65. The number of amides is 1. The Kier molecular flexibility index (Phi) is 4.95. The predicted octanol–water partition coefficient (Wildman–Crippen LogP) is 0.522. The van der Waals surface area contributed by atoms with E-state index in [0.717, 1.165) is 45.0 Å². The van der Waals surface area contributed by atoms with E-state index in [2.05, 4.69) is 25.1 Å². The van der Waals surface area contributed by atoms with Crippen molar-refractivity contribution in [2.24, 2.45) is 5.92 Å². The lowest BCUT2D eigenvalue weighted by atomic mass is 9.83. The molecule has 0 aliphatic carbocycles. The van der Waals surface area contributed by atoms with Crippen LogP contribution in [0.25, 0.3) is 0 Å². The zero-order chi connectivity index (χ0) is 16.2. The first-order valence-electron chi connectivity index (χ1n) is 8.29. The lowest BCUT2D eigenvalue weighted by Crippen LogP contribution is -2.57. The van der Waals surface area contributed by atoms with Gasteiger partial charge in [-0.1, -0.05) is 0 Å². The number of hydrogen-bond acceptors (Lipinski definition) is 6. The highest BCUT2D eigenvalue weighted by Crippen LogP contribution is 2.32. The van der Waals surface area contributed by atoms with Crippen molar-refractivity contribution < 1.29 is 9.53 Å². The molecule has 1 N–H and O–H groups in total. The first kappa shape index (κ1) is 16.0. The molecular weight excluding hydrogens is 294 g/mol. The zero-order valence-electron chi connectivity index (χ0n) is 13.9. The average molecular weight is 319 g/mol. The van der Waals surface area contributed by atoms with Gasteiger partial charge in [-0.3, -0.25) is 4.79 Å². The Bertz CT molecular complexity index is 553. The Hall–Kier alpha value is -1.89. The Morgan fingerprint density at radius 3 is 3.09 bits per heavy atom. The number of anilines is 1. The van der Waals surface area contributed by atoms with Crippen LogP contribution < -0.4 is 15.0 Å². The number of rotatable bonds is 5. The van der Waals surface area contributed by atoms with Crippen LogP contribution in [0.4, 0.5) is 5.95 Å². The first-order chi connectivity index (χ1) is 11.2. The predicted molar refractivity (Wildman–Crippen MR) is 87.6 cm³/mol. The molecule has 0 bridgehead atoms. The second-order valence-electron chi connectivity index (χ2n) is 6.19. The molecule has 1 aromatic rings. The van der Waals surface area contributed by atoms with Crippen LogP contribution >= 0.6 is 0 Å². The summed E-state index contributed by atoms with van der Waals surface area (Å²) in [7, 11) is 3.54. The van der Waals surface area contributed by atoms with Crippen LogP contribution in [-0.4, -0.2) is 67.2 Å². The molecule has 126 valence electrons. The summed E-state index contributed by atoms with van der Waals surface area (Å²) in [6.45, 7) is 3.42. The van der Waals surface area contributed by atoms with E-state index in [0.29, 0.717) is 30.2 Å². The number of fused-ring (bicyclic) bond motifs is 1. The highest BCUT2D eigenvalue weighted by molar-refractivity contribution is 5.77. The van der Waals surface area contributed by atoms with Crippen molar-refractivity contribution in [3.05, 3.63) is 12.3 Å². The maximum absolute atomic E-state index is 12.2. The second-order valence-corrected chi connectivity index (χ2v) is 6.19. The fourth-order valence-electron chi connectivity index (χ4n) is 3.65. The summed E-state index contributed by atoms with van der Waals surface area (Å²) in [4.78, 5) is 25.3. The van der Waals surface area contributed by atoms with Crippen molar-refractivity contribution in [3.8, 4) is 5.88 Å². The number of carbonyl (C=O) groups excluding carboxylic acids is 1. The lowest BCUT2D eigenvalue weighted by molar-refractivity contribution is -0.139. The van der Waals surface area contributed by atoms with Gasteiger partial charge in [0.25, 0.3) is 0 Å². The van der Waals surface area contributed by atoms with Crippen LogP contribution in [0, 0.1) is 5.92 Å². The van der Waals surface area contributed by atoms with Crippen LogP contribution in [0.1, 0.15) is 19.3 Å². The first-order valence-corrected chi connectivity index (χ1v) is 8.29. The van der Waals surface area contributed by atoms with E-state index < -0.39 is 0 Å². The molecule has 2 aliphatic rings. The Labute approximate surface area is 137 Å². The molecule has 1 aromatic heterocycles. The summed E-state index contributed by atoms with van der Waals surface area (Å²) < 4.78 is 5.19. The maximum atomic E-state index is 12.2. The Morgan fingerprint density at radius 2 is 2.30 bits per heavy atom. The monoisotopic (exact) mass is 319 g/mol. The molecule has 2 atom stereocenters. The van der Waals surface area contributed by atoms with Crippen molar-refractivity contribution in [1.29, 1.82) is 0 Å². The van der Waals surface area contributed by atoms with Gasteiger partial charge in [-0.2, -0.15) is 4.98 Å². The van der Waals surface area contributed by atoms with Crippen molar-refractivity contribution in [1.82, 2.24) is 20.2 Å². The van der Waals surface area contributed by atoms with Gasteiger partial charge in [-0.25, -0.2) is 4.98 Å². The van der Waals surface area contributed by atoms with E-state index in [1.54, 1.807) is 19.4 Å². The van der Waals surface area contributed by atoms with Gasteiger partial charge in [0, 0.05) is 50.9 Å². The van der Waals surface area contributed by atoms with E-state index in [1.165, 1.54) is 0 Å². The van der Waals surface area contributed by atoms with Gasteiger partial charge in [0.2, 0.25) is 17.7 Å². The number of piperidine rings is 2. The van der Waals surface area contributed by atoms with E-state index >= 15 is 0 Å². The SMILES string of the molecule is CNCCN1C(=O)CC[C@H]2CN(c3nccc(OC)n3)CC[C@H]21. The van der Waals surface area contributed by atoms with E-state index in [1.807, 2.05) is 7.05 Å². The molecule has 0 spiro atoms. The van der Waals surface area contributed by atoms with Gasteiger partial charge in [0.1, 0.15) is 0 Å². The molecule has 0 radical (unpaired) electrons. The fraction of sp³-hybridized carbons (Fsp3) is 0.688. The molecule has 2 aliphatic heterocycles. The van der Waals surface area contributed by atoms with Crippen LogP contribution in [0.2, 0.25) is 0 Å². The summed E-state index contributed by atoms with van der Waals surface area (Å²) in [5, 5.41) is 3.14. The van der Waals surface area contributed by atoms with Crippen LogP contribution in [0.5, 0.6) is 5.88 Å². The average Bonchev–Trinajstić information content (AvgIpc) is 2.60. The minimum absolute atomic E-state index is 0.299. The summed E-state index contributed by atoms with van der Waals surface area (Å²) in [5.74, 6) is 2.11. The van der Waals surface area contributed by atoms with Gasteiger partial charge < -0.3 is 19.9 Å². The number of aromatic nitrogens is 2. The number of hydrogen-bond donors (Lipinski definition) is 1. The van der Waals surface area contributed by atoms with Crippen molar-refractivity contribution in [3.63, 3.8) is 0 Å². The molecular formula is C16H25N5O2. The third-order valence-corrected chi connectivity index (χ3v) is 4.86. The maximum Gasteiger partial charge on any atom is 0.228 e. The van der Waals surface area contributed by atoms with Gasteiger partial charge in [-0.05, 0) is 25.8 Å². The van der Waals surface area contributed by atoms with Gasteiger partial charge in [-0.15, -0.1) is 0 Å².